The van der Waals surface area contributed by atoms with Crippen LogP contribution in [-0.4, -0.2) is 28.1 Å². The van der Waals surface area contributed by atoms with E-state index in [1.807, 2.05) is 24.4 Å². The first kappa shape index (κ1) is 13.2. The molecule has 0 bridgehead atoms. The van der Waals surface area contributed by atoms with Crippen molar-refractivity contribution in [2.75, 3.05) is 6.54 Å². The van der Waals surface area contributed by atoms with Crippen LogP contribution in [0.1, 0.15) is 42.5 Å². The van der Waals surface area contributed by atoms with Gasteiger partial charge in [-0.1, -0.05) is 31.4 Å². The summed E-state index contributed by atoms with van der Waals surface area (Å²) in [7, 11) is 0. The Kier molecular flexibility index (Phi) is 3.49. The lowest BCUT2D eigenvalue weighted by Crippen LogP contribution is -2.44. The number of aliphatic hydroxyl groups is 1. The van der Waals surface area contributed by atoms with E-state index in [-0.39, 0.29) is 5.91 Å². The Balaban J connectivity index is 1.71. The molecule has 1 aromatic heterocycles. The highest BCUT2D eigenvalue weighted by Gasteiger charge is 2.29. The Bertz CT molecular complexity index is 612. The van der Waals surface area contributed by atoms with Gasteiger partial charge in [0.15, 0.2) is 0 Å². The summed E-state index contributed by atoms with van der Waals surface area (Å²) < 4.78 is 0. The van der Waals surface area contributed by atoms with Crippen LogP contribution in [0, 0.1) is 0 Å². The molecule has 1 amide bonds. The van der Waals surface area contributed by atoms with E-state index in [0.717, 1.165) is 36.6 Å². The number of fused-ring (bicyclic) bond motifs is 1. The molecular formula is C16H20N2O2. The third-order valence-corrected chi connectivity index (χ3v) is 4.19. The van der Waals surface area contributed by atoms with Crippen molar-refractivity contribution < 1.29 is 9.90 Å². The molecule has 4 nitrogen and oxygen atoms in total. The van der Waals surface area contributed by atoms with Crippen molar-refractivity contribution in [3.63, 3.8) is 0 Å². The number of carbonyl (C=O) groups excluding carboxylic acids is 1. The average Bonchev–Trinajstić information content (AvgIpc) is 2.94. The Hall–Kier alpha value is -1.81. The van der Waals surface area contributed by atoms with Gasteiger partial charge in [-0.2, -0.15) is 0 Å². The number of amides is 1. The summed E-state index contributed by atoms with van der Waals surface area (Å²) in [6.45, 7) is 0.336. The highest BCUT2D eigenvalue weighted by Crippen LogP contribution is 2.27. The molecule has 0 radical (unpaired) electrons. The second kappa shape index (κ2) is 5.29. The van der Waals surface area contributed by atoms with E-state index >= 15 is 0 Å². The summed E-state index contributed by atoms with van der Waals surface area (Å²) in [6, 6.07) is 7.59. The second-order valence-corrected chi connectivity index (χ2v) is 5.72. The van der Waals surface area contributed by atoms with Crippen LogP contribution < -0.4 is 5.32 Å². The summed E-state index contributed by atoms with van der Waals surface area (Å²) in [6.07, 6.45) is 6.64. The molecule has 20 heavy (non-hydrogen) atoms. The predicted octanol–water partition coefficient (Wildman–Crippen LogP) is 2.59. The summed E-state index contributed by atoms with van der Waals surface area (Å²) in [5.41, 5.74) is 0.755. The van der Waals surface area contributed by atoms with E-state index in [9.17, 15) is 9.90 Å². The minimum absolute atomic E-state index is 0.128. The Morgan fingerprint density at radius 1 is 1.25 bits per heavy atom. The summed E-state index contributed by atoms with van der Waals surface area (Å²) in [5, 5.41) is 14.3. The zero-order valence-electron chi connectivity index (χ0n) is 11.5. The van der Waals surface area contributed by atoms with Gasteiger partial charge in [-0.05, 0) is 25.0 Å². The van der Waals surface area contributed by atoms with Crippen molar-refractivity contribution in [1.29, 1.82) is 0 Å². The van der Waals surface area contributed by atoms with Gasteiger partial charge >= 0.3 is 0 Å². The predicted molar refractivity (Wildman–Crippen MR) is 78.7 cm³/mol. The molecule has 1 aliphatic carbocycles. The zero-order valence-corrected chi connectivity index (χ0v) is 11.5. The first-order valence-electron chi connectivity index (χ1n) is 7.25. The monoisotopic (exact) mass is 272 g/mol. The van der Waals surface area contributed by atoms with Crippen molar-refractivity contribution in [3.05, 3.63) is 36.0 Å². The average molecular weight is 272 g/mol. The lowest BCUT2D eigenvalue weighted by molar-refractivity contribution is 0.00527. The molecule has 1 aliphatic rings. The smallest absolute Gasteiger partial charge is 0.253 e. The minimum Gasteiger partial charge on any atom is -0.388 e. The molecule has 3 rings (SSSR count). The van der Waals surface area contributed by atoms with Crippen LogP contribution in [0.4, 0.5) is 0 Å². The third-order valence-electron chi connectivity index (χ3n) is 4.19. The molecule has 1 aromatic carbocycles. The van der Waals surface area contributed by atoms with Crippen molar-refractivity contribution in [2.45, 2.75) is 37.7 Å². The summed E-state index contributed by atoms with van der Waals surface area (Å²) in [4.78, 5) is 15.4. The van der Waals surface area contributed by atoms with Gasteiger partial charge in [-0.15, -0.1) is 0 Å². The zero-order chi connectivity index (χ0) is 14.0. The maximum Gasteiger partial charge on any atom is 0.253 e. The molecule has 106 valence electrons. The van der Waals surface area contributed by atoms with Gasteiger partial charge in [0.2, 0.25) is 0 Å². The highest BCUT2D eigenvalue weighted by atomic mass is 16.3. The molecule has 4 heteroatoms. The van der Waals surface area contributed by atoms with Crippen molar-refractivity contribution >= 4 is 16.8 Å². The van der Waals surface area contributed by atoms with Gasteiger partial charge in [0.1, 0.15) is 0 Å². The number of para-hydroxylation sites is 1. The van der Waals surface area contributed by atoms with Gasteiger partial charge < -0.3 is 15.4 Å². The number of carbonyl (C=O) groups is 1. The van der Waals surface area contributed by atoms with Gasteiger partial charge in [0.05, 0.1) is 16.7 Å². The number of aromatic nitrogens is 1. The van der Waals surface area contributed by atoms with Crippen molar-refractivity contribution in [3.8, 4) is 0 Å². The van der Waals surface area contributed by atoms with Gasteiger partial charge in [0.25, 0.3) is 5.91 Å². The highest BCUT2D eigenvalue weighted by molar-refractivity contribution is 6.05. The molecule has 1 saturated carbocycles. The van der Waals surface area contributed by atoms with Crippen LogP contribution in [0.2, 0.25) is 0 Å². The van der Waals surface area contributed by atoms with E-state index in [0.29, 0.717) is 12.1 Å². The van der Waals surface area contributed by atoms with E-state index in [1.165, 1.54) is 6.42 Å². The SMILES string of the molecule is O=C(NCC1(O)CCCCC1)c1cccc2cc[nH]c12. The van der Waals surface area contributed by atoms with Crippen LogP contribution in [0.15, 0.2) is 30.5 Å². The number of hydrogen-bond acceptors (Lipinski definition) is 2. The van der Waals surface area contributed by atoms with Crippen LogP contribution in [0.5, 0.6) is 0 Å². The van der Waals surface area contributed by atoms with Crippen molar-refractivity contribution in [1.82, 2.24) is 10.3 Å². The standard InChI is InChI=1S/C16H20N2O2/c19-15(18-11-16(20)8-2-1-3-9-16)13-6-4-5-12-7-10-17-14(12)13/h4-7,10,17,20H,1-3,8-9,11H2,(H,18,19). The lowest BCUT2D eigenvalue weighted by Gasteiger charge is -2.32. The van der Waals surface area contributed by atoms with Crippen LogP contribution in [0.25, 0.3) is 10.9 Å². The number of aromatic amines is 1. The van der Waals surface area contributed by atoms with Crippen molar-refractivity contribution in [2.24, 2.45) is 0 Å². The van der Waals surface area contributed by atoms with Gasteiger partial charge in [-0.25, -0.2) is 0 Å². The molecule has 3 N–H and O–H groups in total. The molecular weight excluding hydrogens is 252 g/mol. The lowest BCUT2D eigenvalue weighted by atomic mass is 9.85. The third kappa shape index (κ3) is 2.56. The van der Waals surface area contributed by atoms with E-state index in [2.05, 4.69) is 10.3 Å². The minimum atomic E-state index is -0.725. The Labute approximate surface area is 118 Å². The van der Waals surface area contributed by atoms with E-state index < -0.39 is 5.60 Å². The van der Waals surface area contributed by atoms with Crippen LogP contribution in [-0.2, 0) is 0 Å². The fourth-order valence-electron chi connectivity index (χ4n) is 3.00. The Morgan fingerprint density at radius 2 is 2.05 bits per heavy atom. The molecule has 0 spiro atoms. The first-order chi connectivity index (χ1) is 9.68. The number of rotatable bonds is 3. The molecule has 1 fully saturated rings. The Morgan fingerprint density at radius 3 is 2.85 bits per heavy atom. The molecule has 0 unspecified atom stereocenters. The molecule has 1 heterocycles. The maximum absolute atomic E-state index is 12.3. The maximum atomic E-state index is 12.3. The van der Waals surface area contributed by atoms with E-state index in [4.69, 9.17) is 0 Å². The topological polar surface area (TPSA) is 65.1 Å². The molecule has 0 aliphatic heterocycles. The van der Waals surface area contributed by atoms with Gasteiger partial charge in [0, 0.05) is 18.1 Å². The molecule has 0 saturated heterocycles. The van der Waals surface area contributed by atoms with Gasteiger partial charge in [-0.3, -0.25) is 4.79 Å². The quantitative estimate of drug-likeness (QED) is 0.804. The number of benzene rings is 1. The fraction of sp³-hybridized carbons (Fsp3) is 0.438. The fourth-order valence-corrected chi connectivity index (χ4v) is 3.00. The van der Waals surface area contributed by atoms with E-state index in [1.54, 1.807) is 6.07 Å². The van der Waals surface area contributed by atoms with Crippen LogP contribution in [0.3, 0.4) is 0 Å². The largest absolute Gasteiger partial charge is 0.388 e. The summed E-state index contributed by atoms with van der Waals surface area (Å²) in [5.74, 6) is -0.128. The number of nitrogens with one attached hydrogen (secondary N) is 2. The number of H-pyrrole nitrogens is 1. The van der Waals surface area contributed by atoms with Crippen LogP contribution >= 0.6 is 0 Å². The summed E-state index contributed by atoms with van der Waals surface area (Å²) >= 11 is 0. The number of hydrogen-bond donors (Lipinski definition) is 3. The molecule has 2 aromatic rings. The molecule has 0 atom stereocenters. The second-order valence-electron chi connectivity index (χ2n) is 5.72. The first-order valence-corrected chi connectivity index (χ1v) is 7.25. The normalized spacial score (nSPS) is 18.1.